The van der Waals surface area contributed by atoms with Crippen molar-refractivity contribution in [2.24, 2.45) is 0 Å². The first-order valence-electron chi connectivity index (χ1n) is 9.18. The van der Waals surface area contributed by atoms with Crippen molar-refractivity contribution in [3.63, 3.8) is 0 Å². The van der Waals surface area contributed by atoms with Gasteiger partial charge in [0, 0.05) is 18.3 Å². The molecule has 5 nitrogen and oxygen atoms in total. The topological polar surface area (TPSA) is 55.2 Å². The molecule has 0 bridgehead atoms. The van der Waals surface area contributed by atoms with Crippen molar-refractivity contribution in [2.45, 2.75) is 43.3 Å². The lowest BCUT2D eigenvalue weighted by atomic mass is 10.1. The number of nitrogens with zero attached hydrogens (tertiary/aromatic N) is 3. The molecular formula is C21H21N3O2S2. The van der Waals surface area contributed by atoms with E-state index in [1.54, 1.807) is 16.7 Å². The minimum atomic E-state index is -0.367. The molecule has 2 aromatic heterocycles. The van der Waals surface area contributed by atoms with Gasteiger partial charge in [-0.2, -0.15) is 0 Å². The fourth-order valence-corrected chi connectivity index (χ4v) is 5.39. The van der Waals surface area contributed by atoms with Gasteiger partial charge in [0.2, 0.25) is 5.91 Å². The average Bonchev–Trinajstić information content (AvgIpc) is 3.27. The summed E-state index contributed by atoms with van der Waals surface area (Å²) >= 11 is 2.77. The van der Waals surface area contributed by atoms with Crippen molar-refractivity contribution >= 4 is 44.9 Å². The van der Waals surface area contributed by atoms with Gasteiger partial charge in [-0.25, -0.2) is 4.98 Å². The molecule has 4 rings (SSSR count). The zero-order valence-electron chi connectivity index (χ0n) is 15.8. The number of carbonyl (C=O) groups excluding carboxylic acids is 1. The second kappa shape index (κ2) is 7.56. The van der Waals surface area contributed by atoms with E-state index in [2.05, 4.69) is 24.6 Å². The Kier molecular flexibility index (Phi) is 5.12. The molecule has 0 unspecified atom stereocenters. The number of amides is 1. The van der Waals surface area contributed by atoms with Crippen LogP contribution in [0, 0.1) is 0 Å². The average molecular weight is 412 g/mol. The Balaban J connectivity index is 1.66. The van der Waals surface area contributed by atoms with Crippen LogP contribution in [-0.2, 0) is 17.8 Å². The Hall–Kier alpha value is -2.38. The number of hydrogen-bond acceptors (Lipinski definition) is 5. The number of rotatable bonds is 5. The molecule has 1 aliphatic rings. The van der Waals surface area contributed by atoms with Crippen molar-refractivity contribution in [2.75, 3.05) is 4.90 Å². The maximum atomic E-state index is 13.3. The first kappa shape index (κ1) is 19.0. The van der Waals surface area contributed by atoms with E-state index in [0.717, 1.165) is 12.1 Å². The highest BCUT2D eigenvalue weighted by atomic mass is 32.2. The molecule has 1 amide bonds. The first-order valence-corrected chi connectivity index (χ1v) is 10.9. The lowest BCUT2D eigenvalue weighted by Crippen LogP contribution is -2.40. The molecule has 3 aromatic rings. The highest BCUT2D eigenvalue weighted by Gasteiger charge is 2.34. The smallest absolute Gasteiger partial charge is 0.263 e. The number of thiophene rings is 1. The number of benzene rings is 1. The summed E-state index contributed by atoms with van der Waals surface area (Å²) in [5.74, 6) is 0.0353. The summed E-state index contributed by atoms with van der Waals surface area (Å²) in [6, 6.07) is 9.95. The second-order valence-electron chi connectivity index (χ2n) is 6.89. The van der Waals surface area contributed by atoms with Gasteiger partial charge < -0.3 is 4.90 Å². The minimum absolute atomic E-state index is 0.0353. The predicted molar refractivity (Wildman–Crippen MR) is 116 cm³/mol. The Bertz CT molecular complexity index is 1120. The lowest BCUT2D eigenvalue weighted by molar-refractivity contribution is -0.118. The Labute approximate surface area is 171 Å². The van der Waals surface area contributed by atoms with Crippen molar-refractivity contribution in [3.05, 3.63) is 64.3 Å². The molecule has 0 aliphatic carbocycles. The Morgan fingerprint density at radius 3 is 3.00 bits per heavy atom. The molecule has 0 saturated heterocycles. The molecule has 28 heavy (non-hydrogen) atoms. The number of allylic oxidation sites excluding steroid dienone is 1. The summed E-state index contributed by atoms with van der Waals surface area (Å²) in [5.41, 5.74) is 2.09. The van der Waals surface area contributed by atoms with Crippen molar-refractivity contribution in [1.29, 1.82) is 0 Å². The van der Waals surface area contributed by atoms with Crippen LogP contribution in [-0.4, -0.2) is 26.8 Å². The molecule has 1 aliphatic heterocycles. The van der Waals surface area contributed by atoms with E-state index >= 15 is 0 Å². The number of para-hydroxylation sites is 1. The largest absolute Gasteiger partial charge is 0.308 e. The molecule has 0 saturated carbocycles. The van der Waals surface area contributed by atoms with Gasteiger partial charge >= 0.3 is 0 Å². The van der Waals surface area contributed by atoms with E-state index in [1.807, 2.05) is 35.4 Å². The van der Waals surface area contributed by atoms with Crippen LogP contribution < -0.4 is 10.5 Å². The van der Waals surface area contributed by atoms with Gasteiger partial charge in [0.05, 0.1) is 10.6 Å². The van der Waals surface area contributed by atoms with Crippen LogP contribution >= 0.6 is 23.1 Å². The lowest BCUT2D eigenvalue weighted by Gasteiger charge is -2.26. The third-order valence-corrected chi connectivity index (χ3v) is 6.82. The van der Waals surface area contributed by atoms with E-state index < -0.39 is 0 Å². The first-order chi connectivity index (χ1) is 13.5. The van der Waals surface area contributed by atoms with Gasteiger partial charge in [0.15, 0.2) is 5.16 Å². The number of thioether (sulfide) groups is 1. The fourth-order valence-electron chi connectivity index (χ4n) is 3.62. The van der Waals surface area contributed by atoms with Crippen LogP contribution in [0.2, 0.25) is 0 Å². The fraction of sp³-hybridized carbons (Fsp3) is 0.286. The number of hydrogen-bond donors (Lipinski definition) is 0. The zero-order valence-corrected chi connectivity index (χ0v) is 17.4. The van der Waals surface area contributed by atoms with Crippen LogP contribution in [0.5, 0.6) is 0 Å². The number of carbonyl (C=O) groups is 1. The quantitative estimate of drug-likeness (QED) is 0.360. The van der Waals surface area contributed by atoms with Gasteiger partial charge in [-0.05, 0) is 43.3 Å². The molecule has 0 N–H and O–H groups in total. The van der Waals surface area contributed by atoms with Gasteiger partial charge in [-0.15, -0.1) is 17.9 Å². The molecule has 3 heterocycles. The minimum Gasteiger partial charge on any atom is -0.308 e. The summed E-state index contributed by atoms with van der Waals surface area (Å²) in [5, 5.41) is 2.66. The van der Waals surface area contributed by atoms with Crippen LogP contribution in [0.25, 0.3) is 10.2 Å². The van der Waals surface area contributed by atoms with Crippen molar-refractivity contribution < 1.29 is 4.79 Å². The summed E-state index contributed by atoms with van der Waals surface area (Å²) in [6.45, 7) is 8.06. The summed E-state index contributed by atoms with van der Waals surface area (Å²) in [6.07, 6.45) is 2.54. The maximum absolute atomic E-state index is 13.3. The highest BCUT2D eigenvalue weighted by molar-refractivity contribution is 8.00. The van der Waals surface area contributed by atoms with Gasteiger partial charge in [-0.1, -0.05) is 36.0 Å². The van der Waals surface area contributed by atoms with Gasteiger partial charge in [-0.3, -0.25) is 14.2 Å². The standard InChI is InChI=1S/C21H21N3O2S2/c1-4-10-23-20(26)16-9-11-27-18(16)22-21(23)28-14(3)19(25)24-13(2)12-15-7-5-6-8-17(15)24/h4-9,11,13-14H,1,10,12H2,2-3H3/t13-,14-/m1/s1. The van der Waals surface area contributed by atoms with Gasteiger partial charge in [0.25, 0.3) is 5.56 Å². The summed E-state index contributed by atoms with van der Waals surface area (Å²) < 4.78 is 1.60. The molecule has 0 radical (unpaired) electrons. The van der Waals surface area contributed by atoms with E-state index in [-0.39, 0.29) is 22.8 Å². The van der Waals surface area contributed by atoms with E-state index in [0.29, 0.717) is 21.9 Å². The molecule has 0 fully saturated rings. The van der Waals surface area contributed by atoms with Crippen LogP contribution in [0.3, 0.4) is 0 Å². The molecule has 7 heteroatoms. The zero-order chi connectivity index (χ0) is 19.8. The van der Waals surface area contributed by atoms with Crippen LogP contribution in [0.4, 0.5) is 5.69 Å². The Morgan fingerprint density at radius 1 is 1.43 bits per heavy atom. The number of fused-ring (bicyclic) bond motifs is 2. The van der Waals surface area contributed by atoms with Crippen LogP contribution in [0.1, 0.15) is 19.4 Å². The highest BCUT2D eigenvalue weighted by Crippen LogP contribution is 2.34. The second-order valence-corrected chi connectivity index (χ2v) is 9.09. The number of anilines is 1. The van der Waals surface area contributed by atoms with Crippen molar-refractivity contribution in [3.8, 4) is 0 Å². The Morgan fingerprint density at radius 2 is 2.21 bits per heavy atom. The third kappa shape index (κ3) is 3.18. The summed E-state index contributed by atoms with van der Waals surface area (Å²) in [4.78, 5) is 33.3. The maximum Gasteiger partial charge on any atom is 0.263 e. The molecule has 1 aromatic carbocycles. The van der Waals surface area contributed by atoms with E-state index in [1.165, 1.54) is 28.7 Å². The van der Waals surface area contributed by atoms with Crippen LogP contribution in [0.15, 0.2) is 58.3 Å². The van der Waals surface area contributed by atoms with E-state index in [9.17, 15) is 9.59 Å². The number of aromatic nitrogens is 2. The SMILES string of the molecule is C=CCn1c(S[C@H](C)C(=O)N2c3ccccc3C[C@H]2C)nc2sccc2c1=O. The normalized spacial score (nSPS) is 16.9. The third-order valence-electron chi connectivity index (χ3n) is 4.93. The molecular weight excluding hydrogens is 390 g/mol. The summed E-state index contributed by atoms with van der Waals surface area (Å²) in [7, 11) is 0. The monoisotopic (exact) mass is 411 g/mol. The molecule has 2 atom stereocenters. The predicted octanol–water partition coefficient (Wildman–Crippen LogP) is 4.10. The molecule has 0 spiro atoms. The van der Waals surface area contributed by atoms with E-state index in [4.69, 9.17) is 0 Å². The van der Waals surface area contributed by atoms with Crippen molar-refractivity contribution in [1.82, 2.24) is 9.55 Å². The van der Waals surface area contributed by atoms with Gasteiger partial charge in [0.1, 0.15) is 4.83 Å². The molecule has 144 valence electrons.